The third-order valence-electron chi connectivity index (χ3n) is 1.59. The molecule has 0 atom stereocenters. The first-order valence-electron chi connectivity index (χ1n) is 4.33. The van der Waals surface area contributed by atoms with Crippen molar-refractivity contribution in [2.24, 2.45) is 0 Å². The standard InChI is InChI=1S/C8H14N3O/c1-3-5-11(6-4-2)8-7-9-10-12-8/h3-6H2,1-2H3. The largest absolute Gasteiger partial charge is 0.339 e. The Hall–Kier alpha value is -1.06. The van der Waals surface area contributed by atoms with E-state index in [2.05, 4.69) is 35.3 Å². The van der Waals surface area contributed by atoms with Gasteiger partial charge in [0, 0.05) is 18.4 Å². The van der Waals surface area contributed by atoms with Crippen LogP contribution in [0.3, 0.4) is 0 Å². The quantitative estimate of drug-likeness (QED) is 0.668. The number of rotatable bonds is 5. The molecule has 0 N–H and O–H groups in total. The normalized spacial score (nSPS) is 10.2. The van der Waals surface area contributed by atoms with E-state index >= 15 is 0 Å². The lowest BCUT2D eigenvalue weighted by molar-refractivity contribution is 0.389. The summed E-state index contributed by atoms with van der Waals surface area (Å²) in [6.07, 6.45) is 4.89. The zero-order valence-electron chi connectivity index (χ0n) is 7.58. The summed E-state index contributed by atoms with van der Waals surface area (Å²) in [6, 6.07) is 0. The summed E-state index contributed by atoms with van der Waals surface area (Å²) in [4.78, 5) is 2.10. The molecule has 1 heterocycles. The van der Waals surface area contributed by atoms with Crippen molar-refractivity contribution in [3.8, 4) is 0 Å². The zero-order valence-corrected chi connectivity index (χ0v) is 7.58. The van der Waals surface area contributed by atoms with Crippen molar-refractivity contribution in [3.05, 3.63) is 6.20 Å². The van der Waals surface area contributed by atoms with Crippen molar-refractivity contribution < 1.29 is 4.52 Å². The molecule has 4 nitrogen and oxygen atoms in total. The predicted octanol–water partition coefficient (Wildman–Crippen LogP) is 1.50. The summed E-state index contributed by atoms with van der Waals surface area (Å²) in [5, 5.41) is 6.91. The molecule has 0 aliphatic heterocycles. The average Bonchev–Trinajstić information content (AvgIpc) is 2.56. The minimum Gasteiger partial charge on any atom is -0.339 e. The van der Waals surface area contributed by atoms with Gasteiger partial charge in [-0.1, -0.05) is 13.8 Å². The molecule has 0 fully saturated rings. The molecule has 1 rings (SSSR count). The SMILES string of the molecule is CCCN(CCC)c1[c]nno1. The lowest BCUT2D eigenvalue weighted by Gasteiger charge is -2.17. The fourth-order valence-corrected chi connectivity index (χ4v) is 1.13. The highest BCUT2D eigenvalue weighted by Crippen LogP contribution is 2.10. The lowest BCUT2D eigenvalue weighted by Crippen LogP contribution is -2.24. The smallest absolute Gasteiger partial charge is 0.258 e. The van der Waals surface area contributed by atoms with Crippen LogP contribution in [0.4, 0.5) is 5.88 Å². The Morgan fingerprint density at radius 2 is 2.00 bits per heavy atom. The molecule has 0 aliphatic carbocycles. The van der Waals surface area contributed by atoms with Crippen LogP contribution in [0.2, 0.25) is 0 Å². The van der Waals surface area contributed by atoms with Gasteiger partial charge in [-0.15, -0.1) is 5.10 Å². The van der Waals surface area contributed by atoms with Crippen LogP contribution in [0.25, 0.3) is 0 Å². The first-order valence-corrected chi connectivity index (χ1v) is 4.33. The second kappa shape index (κ2) is 4.74. The minimum absolute atomic E-state index is 0.652. The fourth-order valence-electron chi connectivity index (χ4n) is 1.13. The molecule has 0 saturated heterocycles. The lowest BCUT2D eigenvalue weighted by atomic mass is 10.3. The van der Waals surface area contributed by atoms with Crippen molar-refractivity contribution in [1.29, 1.82) is 0 Å². The zero-order chi connectivity index (χ0) is 8.81. The van der Waals surface area contributed by atoms with E-state index in [0.29, 0.717) is 5.88 Å². The third kappa shape index (κ3) is 2.22. The van der Waals surface area contributed by atoms with Crippen LogP contribution in [0.5, 0.6) is 0 Å². The highest BCUT2D eigenvalue weighted by molar-refractivity contribution is 5.28. The van der Waals surface area contributed by atoms with Gasteiger partial charge in [0.2, 0.25) is 0 Å². The number of hydrogen-bond donors (Lipinski definition) is 0. The van der Waals surface area contributed by atoms with Crippen molar-refractivity contribution in [2.75, 3.05) is 18.0 Å². The Morgan fingerprint density at radius 1 is 1.33 bits per heavy atom. The molecule has 0 bridgehead atoms. The van der Waals surface area contributed by atoms with Crippen LogP contribution in [0.15, 0.2) is 4.52 Å². The van der Waals surface area contributed by atoms with Gasteiger partial charge in [-0.3, -0.25) is 0 Å². The van der Waals surface area contributed by atoms with Gasteiger partial charge in [-0.25, -0.2) is 0 Å². The summed E-state index contributed by atoms with van der Waals surface area (Å²) < 4.78 is 4.91. The summed E-state index contributed by atoms with van der Waals surface area (Å²) in [7, 11) is 0. The summed E-state index contributed by atoms with van der Waals surface area (Å²) in [5.74, 6) is 0.652. The summed E-state index contributed by atoms with van der Waals surface area (Å²) in [5.41, 5.74) is 0. The highest BCUT2D eigenvalue weighted by Gasteiger charge is 2.08. The Kier molecular flexibility index (Phi) is 3.57. The summed E-state index contributed by atoms with van der Waals surface area (Å²) >= 11 is 0. The molecule has 0 spiro atoms. The van der Waals surface area contributed by atoms with E-state index in [9.17, 15) is 0 Å². The fraction of sp³-hybridized carbons (Fsp3) is 0.750. The first-order chi connectivity index (χ1) is 5.88. The molecule has 1 aromatic rings. The maximum Gasteiger partial charge on any atom is 0.258 e. The molecule has 0 aliphatic rings. The molecule has 0 amide bonds. The molecule has 1 aromatic heterocycles. The second-order valence-electron chi connectivity index (χ2n) is 2.68. The Balaban J connectivity index is 2.53. The number of nitrogens with zero attached hydrogens (tertiary/aromatic N) is 3. The van der Waals surface area contributed by atoms with E-state index in [4.69, 9.17) is 4.52 Å². The molecular weight excluding hydrogens is 154 g/mol. The second-order valence-corrected chi connectivity index (χ2v) is 2.68. The van der Waals surface area contributed by atoms with Crippen molar-refractivity contribution >= 4 is 5.88 Å². The van der Waals surface area contributed by atoms with Crippen molar-refractivity contribution in [1.82, 2.24) is 10.4 Å². The van der Waals surface area contributed by atoms with Crippen molar-refractivity contribution in [2.45, 2.75) is 26.7 Å². The maximum atomic E-state index is 4.91. The van der Waals surface area contributed by atoms with Crippen LogP contribution in [-0.2, 0) is 0 Å². The Bertz CT molecular complexity index is 192. The van der Waals surface area contributed by atoms with E-state index < -0.39 is 0 Å². The third-order valence-corrected chi connectivity index (χ3v) is 1.59. The van der Waals surface area contributed by atoms with Crippen LogP contribution in [0.1, 0.15) is 26.7 Å². The maximum absolute atomic E-state index is 4.91. The molecule has 0 aromatic carbocycles. The molecule has 0 unspecified atom stereocenters. The number of hydrogen-bond acceptors (Lipinski definition) is 4. The van der Waals surface area contributed by atoms with E-state index in [1.54, 1.807) is 0 Å². The van der Waals surface area contributed by atoms with Gasteiger partial charge in [-0.2, -0.15) is 0 Å². The van der Waals surface area contributed by atoms with E-state index in [1.807, 2.05) is 0 Å². The predicted molar refractivity (Wildman–Crippen MR) is 45.9 cm³/mol. The van der Waals surface area contributed by atoms with Gasteiger partial charge in [0.15, 0.2) is 6.20 Å². The molecule has 12 heavy (non-hydrogen) atoms. The average molecular weight is 168 g/mol. The van der Waals surface area contributed by atoms with E-state index in [-0.39, 0.29) is 0 Å². The molecule has 0 saturated carbocycles. The molecule has 4 heteroatoms. The first kappa shape index (κ1) is 9.03. The van der Waals surface area contributed by atoms with Crippen LogP contribution in [0, 0.1) is 6.20 Å². The van der Waals surface area contributed by atoms with Crippen LogP contribution < -0.4 is 4.90 Å². The van der Waals surface area contributed by atoms with Gasteiger partial charge in [-0.05, 0) is 12.8 Å². The van der Waals surface area contributed by atoms with Gasteiger partial charge in [0.25, 0.3) is 5.88 Å². The van der Waals surface area contributed by atoms with Crippen molar-refractivity contribution in [3.63, 3.8) is 0 Å². The Labute approximate surface area is 72.5 Å². The van der Waals surface area contributed by atoms with Crippen LogP contribution >= 0.6 is 0 Å². The van der Waals surface area contributed by atoms with Gasteiger partial charge >= 0.3 is 0 Å². The van der Waals surface area contributed by atoms with Crippen LogP contribution in [-0.4, -0.2) is 23.5 Å². The van der Waals surface area contributed by atoms with E-state index in [0.717, 1.165) is 25.9 Å². The van der Waals surface area contributed by atoms with Gasteiger partial charge in [0.05, 0.1) is 0 Å². The Morgan fingerprint density at radius 3 is 2.42 bits per heavy atom. The molecular formula is C8H14N3O. The highest BCUT2D eigenvalue weighted by atomic mass is 16.5. The monoisotopic (exact) mass is 168 g/mol. The van der Waals surface area contributed by atoms with Gasteiger partial charge in [0.1, 0.15) is 0 Å². The molecule has 67 valence electrons. The number of aromatic nitrogens is 2. The topological polar surface area (TPSA) is 42.2 Å². The number of anilines is 1. The van der Waals surface area contributed by atoms with Gasteiger partial charge < -0.3 is 9.42 Å². The summed E-state index contributed by atoms with van der Waals surface area (Å²) in [6.45, 7) is 6.21. The van der Waals surface area contributed by atoms with E-state index in [1.165, 1.54) is 0 Å². The minimum atomic E-state index is 0.652. The molecule has 1 radical (unpaired) electrons.